The normalized spacial score (nSPS) is 29.8. The number of Topliss-reactive ketones (excluding diaryl/α,β-unsaturated/α-hetero) is 1. The first-order valence-electron chi connectivity index (χ1n) is 12.5. The Morgan fingerprint density at radius 3 is 2.29 bits per heavy atom. The molecule has 10 nitrogen and oxygen atoms in total. The third-order valence-corrected chi connectivity index (χ3v) is 7.42. The molecular weight excluding hydrogens is 459 g/mol. The molecule has 35 heavy (non-hydrogen) atoms. The highest BCUT2D eigenvalue weighted by atomic mass is 19.1. The molecule has 0 aromatic carbocycles. The number of nitrogens with one attached hydrogen (secondary N) is 4. The monoisotopic (exact) mass is 496 g/mol. The number of hydrogen-bond donors (Lipinski definition) is 5. The van der Waals surface area contributed by atoms with Crippen molar-refractivity contribution in [3.05, 3.63) is 0 Å². The first-order valence-corrected chi connectivity index (χ1v) is 12.5. The fourth-order valence-electron chi connectivity index (χ4n) is 4.98. The molecule has 196 valence electrons. The number of amides is 4. The molecule has 4 amide bonds. The number of carbonyl (C=O) groups is 5. The lowest BCUT2D eigenvalue weighted by atomic mass is 9.90. The van der Waals surface area contributed by atoms with E-state index in [0.29, 0.717) is 38.6 Å². The number of ketones is 1. The van der Waals surface area contributed by atoms with E-state index in [1.807, 2.05) is 0 Å². The molecule has 2 unspecified atom stereocenters. The Morgan fingerprint density at radius 2 is 1.77 bits per heavy atom. The molecule has 2 atom stereocenters. The van der Waals surface area contributed by atoms with Gasteiger partial charge >= 0.3 is 11.8 Å². The van der Waals surface area contributed by atoms with Crippen LogP contribution in [0, 0.1) is 11.8 Å². The van der Waals surface area contributed by atoms with Gasteiger partial charge in [-0.2, -0.15) is 0 Å². The van der Waals surface area contributed by atoms with Crippen molar-refractivity contribution in [3.63, 3.8) is 0 Å². The van der Waals surface area contributed by atoms with Gasteiger partial charge in [-0.3, -0.25) is 24.0 Å². The van der Waals surface area contributed by atoms with Crippen molar-refractivity contribution in [2.75, 3.05) is 19.7 Å². The van der Waals surface area contributed by atoms with Crippen molar-refractivity contribution in [2.45, 2.75) is 88.4 Å². The summed E-state index contributed by atoms with van der Waals surface area (Å²) in [4.78, 5) is 60.3. The Kier molecular flexibility index (Phi) is 8.84. The number of carbonyl (C=O) groups excluding carboxylic acids is 5. The van der Waals surface area contributed by atoms with Crippen LogP contribution in [0.5, 0.6) is 0 Å². The average Bonchev–Trinajstić information content (AvgIpc) is 3.45. The summed E-state index contributed by atoms with van der Waals surface area (Å²) in [6.45, 7) is 1.48. The molecule has 1 heterocycles. The lowest BCUT2D eigenvalue weighted by Gasteiger charge is -2.27. The van der Waals surface area contributed by atoms with Crippen molar-refractivity contribution in [1.29, 1.82) is 0 Å². The fourth-order valence-corrected chi connectivity index (χ4v) is 4.98. The van der Waals surface area contributed by atoms with Crippen molar-refractivity contribution in [2.24, 2.45) is 11.8 Å². The van der Waals surface area contributed by atoms with Crippen molar-refractivity contribution < 1.29 is 33.5 Å². The number of aliphatic hydroxyl groups excluding tert-OH is 1. The van der Waals surface area contributed by atoms with E-state index < -0.39 is 59.8 Å². The van der Waals surface area contributed by atoms with E-state index in [9.17, 15) is 28.4 Å². The molecule has 0 spiro atoms. The highest BCUT2D eigenvalue weighted by Crippen LogP contribution is 2.52. The van der Waals surface area contributed by atoms with Gasteiger partial charge in [-0.15, -0.1) is 0 Å². The van der Waals surface area contributed by atoms with E-state index in [-0.39, 0.29) is 18.7 Å². The predicted molar refractivity (Wildman–Crippen MR) is 124 cm³/mol. The quantitative estimate of drug-likeness (QED) is 0.299. The van der Waals surface area contributed by atoms with E-state index >= 15 is 0 Å². The first kappa shape index (κ1) is 27.0. The summed E-state index contributed by atoms with van der Waals surface area (Å²) in [5.74, 6) is -2.92. The molecule has 3 aliphatic carbocycles. The first-order chi connectivity index (χ1) is 16.5. The minimum absolute atomic E-state index is 0.0406. The summed E-state index contributed by atoms with van der Waals surface area (Å²) in [5.41, 5.74) is -1.97. The van der Waals surface area contributed by atoms with Crippen molar-refractivity contribution in [3.8, 4) is 0 Å². The number of rotatable bonds is 8. The van der Waals surface area contributed by atoms with Gasteiger partial charge in [0, 0.05) is 24.4 Å². The molecule has 11 heteroatoms. The minimum atomic E-state index is -1.27. The van der Waals surface area contributed by atoms with Crippen LogP contribution in [-0.2, 0) is 24.0 Å². The molecule has 4 rings (SSSR count). The standard InChI is InChI=1S/C20H29FN4O6.C4H8/c21-19-3-5-20(11-19,6-4-19)25-18(31)17(30)23-9-15(28)24-13(14(27)10-26)8-12-2-1-7-22-16(12)29;1-4-2-3-4/h12-13,26H,1-11H2,(H,22,29)(H,23,30)(H,24,28)(H,25,31);4H,2-3H2,1H3. The van der Waals surface area contributed by atoms with Gasteiger partial charge in [-0.25, -0.2) is 4.39 Å². The molecule has 0 aromatic rings. The lowest BCUT2D eigenvalue weighted by Crippen LogP contribution is -2.53. The molecule has 0 radical (unpaired) electrons. The number of hydrogen-bond acceptors (Lipinski definition) is 6. The number of fused-ring (bicyclic) bond motifs is 2. The van der Waals surface area contributed by atoms with E-state index in [2.05, 4.69) is 28.2 Å². The van der Waals surface area contributed by atoms with E-state index in [1.54, 1.807) is 0 Å². The molecule has 4 fully saturated rings. The minimum Gasteiger partial charge on any atom is -0.389 e. The Morgan fingerprint density at radius 1 is 1.11 bits per heavy atom. The van der Waals surface area contributed by atoms with Gasteiger partial charge in [0.1, 0.15) is 12.3 Å². The van der Waals surface area contributed by atoms with Gasteiger partial charge in [0.2, 0.25) is 11.8 Å². The Hall–Kier alpha value is -2.56. The van der Waals surface area contributed by atoms with Crippen molar-refractivity contribution >= 4 is 29.4 Å². The highest BCUT2D eigenvalue weighted by Gasteiger charge is 2.55. The smallest absolute Gasteiger partial charge is 0.309 e. The van der Waals surface area contributed by atoms with Crippen LogP contribution in [0.4, 0.5) is 4.39 Å². The van der Waals surface area contributed by atoms with Crippen LogP contribution < -0.4 is 21.3 Å². The van der Waals surface area contributed by atoms with Gasteiger partial charge < -0.3 is 26.4 Å². The molecule has 0 aromatic heterocycles. The zero-order valence-electron chi connectivity index (χ0n) is 20.3. The summed E-state index contributed by atoms with van der Waals surface area (Å²) in [5, 5.41) is 19.1. The zero-order valence-corrected chi connectivity index (χ0v) is 20.3. The Balaban J connectivity index is 0.000000775. The maximum absolute atomic E-state index is 14.3. The van der Waals surface area contributed by atoms with Gasteiger partial charge in [0.05, 0.1) is 12.6 Å². The molecule has 1 saturated heterocycles. The molecule has 1 aliphatic heterocycles. The van der Waals surface area contributed by atoms with Gasteiger partial charge in [0.25, 0.3) is 0 Å². The maximum Gasteiger partial charge on any atom is 0.309 e. The highest BCUT2D eigenvalue weighted by molar-refractivity contribution is 6.35. The van der Waals surface area contributed by atoms with Crippen LogP contribution in [0.2, 0.25) is 0 Å². The summed E-state index contributed by atoms with van der Waals surface area (Å²) in [6, 6.07) is -1.08. The van der Waals surface area contributed by atoms with Crippen LogP contribution in [0.1, 0.15) is 71.1 Å². The zero-order chi connectivity index (χ0) is 25.6. The SMILES string of the molecule is CC1CC1.O=C(CNC(=O)C(=O)NC12CCC(F)(CC1)C2)NC(CC1CCCNC1=O)C(=O)CO. The van der Waals surface area contributed by atoms with E-state index in [0.717, 1.165) is 12.3 Å². The van der Waals surface area contributed by atoms with Crippen molar-refractivity contribution in [1.82, 2.24) is 21.3 Å². The average molecular weight is 497 g/mol. The molecule has 4 aliphatic rings. The number of piperidine rings is 1. The second-order valence-electron chi connectivity index (χ2n) is 10.5. The summed E-state index contributed by atoms with van der Waals surface area (Å²) in [7, 11) is 0. The second-order valence-corrected chi connectivity index (χ2v) is 10.5. The lowest BCUT2D eigenvalue weighted by molar-refractivity contribution is -0.141. The largest absolute Gasteiger partial charge is 0.389 e. The van der Waals surface area contributed by atoms with Gasteiger partial charge in [-0.05, 0) is 50.9 Å². The summed E-state index contributed by atoms with van der Waals surface area (Å²) in [6.07, 6.45) is 6.19. The predicted octanol–water partition coefficient (Wildman–Crippen LogP) is 0.0224. The third kappa shape index (κ3) is 7.71. The van der Waals surface area contributed by atoms with Crippen LogP contribution in [-0.4, -0.2) is 71.5 Å². The second kappa shape index (κ2) is 11.5. The van der Waals surface area contributed by atoms with Crippen LogP contribution in [0.3, 0.4) is 0 Å². The molecule has 2 bridgehead atoms. The Labute approximate surface area is 204 Å². The van der Waals surface area contributed by atoms with Crippen LogP contribution in [0.25, 0.3) is 0 Å². The molecule has 3 saturated carbocycles. The van der Waals surface area contributed by atoms with Gasteiger partial charge in [-0.1, -0.05) is 19.8 Å². The Bertz CT molecular complexity index is 838. The summed E-state index contributed by atoms with van der Waals surface area (Å²) >= 11 is 0. The fraction of sp³-hybridized carbons (Fsp3) is 0.792. The number of aliphatic hydroxyl groups is 1. The van der Waals surface area contributed by atoms with E-state index in [4.69, 9.17) is 5.11 Å². The number of alkyl halides is 1. The number of halogens is 1. The molecule has 5 N–H and O–H groups in total. The van der Waals surface area contributed by atoms with Gasteiger partial charge in [0.15, 0.2) is 5.78 Å². The van der Waals surface area contributed by atoms with Crippen LogP contribution >= 0.6 is 0 Å². The topological polar surface area (TPSA) is 154 Å². The summed E-state index contributed by atoms with van der Waals surface area (Å²) < 4.78 is 14.3. The maximum atomic E-state index is 14.3. The van der Waals surface area contributed by atoms with Crippen LogP contribution in [0.15, 0.2) is 0 Å². The third-order valence-electron chi connectivity index (χ3n) is 7.42. The molecular formula is C24H37FN4O6. The van der Waals surface area contributed by atoms with E-state index in [1.165, 1.54) is 12.8 Å².